The summed E-state index contributed by atoms with van der Waals surface area (Å²) in [5, 5.41) is 12.7. The van der Waals surface area contributed by atoms with E-state index in [1.165, 1.54) is 0 Å². The third kappa shape index (κ3) is 3.71. The first kappa shape index (κ1) is 13.4. The Morgan fingerprint density at radius 3 is 3.06 bits per heavy atom. The molecule has 0 aromatic rings. The maximum Gasteiger partial charge on any atom is 0.246 e. The number of amides is 1. The van der Waals surface area contributed by atoms with E-state index in [0.717, 1.165) is 0 Å². The highest BCUT2D eigenvalue weighted by Crippen LogP contribution is 2.24. The van der Waals surface area contributed by atoms with Crippen molar-refractivity contribution in [2.75, 3.05) is 32.9 Å². The lowest BCUT2D eigenvalue weighted by molar-refractivity contribution is -0.127. The largest absolute Gasteiger partial charge is 0.385 e. The van der Waals surface area contributed by atoms with Crippen molar-refractivity contribution in [3.05, 3.63) is 0 Å². The van der Waals surface area contributed by atoms with Crippen LogP contribution in [0.4, 0.5) is 0 Å². The molecular formula is C10H20N2O4. The minimum atomic E-state index is -0.955. The third-order valence-corrected chi connectivity index (χ3v) is 2.75. The van der Waals surface area contributed by atoms with Crippen molar-refractivity contribution in [2.45, 2.75) is 25.0 Å². The van der Waals surface area contributed by atoms with Gasteiger partial charge in [0, 0.05) is 26.1 Å². The summed E-state index contributed by atoms with van der Waals surface area (Å²) in [7, 11) is 0. The molecule has 1 heterocycles. The van der Waals surface area contributed by atoms with Gasteiger partial charge in [0.05, 0.1) is 12.7 Å². The van der Waals surface area contributed by atoms with Gasteiger partial charge in [0.25, 0.3) is 0 Å². The van der Waals surface area contributed by atoms with Crippen LogP contribution in [0.2, 0.25) is 0 Å². The average Bonchev–Trinajstić information content (AvgIpc) is 2.58. The van der Waals surface area contributed by atoms with E-state index in [9.17, 15) is 9.90 Å². The van der Waals surface area contributed by atoms with Crippen molar-refractivity contribution < 1.29 is 19.4 Å². The fourth-order valence-electron chi connectivity index (χ4n) is 1.55. The first-order chi connectivity index (χ1) is 7.58. The molecule has 16 heavy (non-hydrogen) atoms. The topological polar surface area (TPSA) is 93.8 Å². The normalized spacial score (nSPS) is 29.3. The van der Waals surface area contributed by atoms with Gasteiger partial charge in [-0.15, -0.1) is 0 Å². The molecule has 1 rings (SSSR count). The predicted molar refractivity (Wildman–Crippen MR) is 57.9 cm³/mol. The quantitative estimate of drug-likeness (QED) is 0.491. The van der Waals surface area contributed by atoms with E-state index in [2.05, 4.69) is 5.32 Å². The zero-order chi connectivity index (χ0) is 12.0. The van der Waals surface area contributed by atoms with Crippen LogP contribution in [-0.2, 0) is 14.3 Å². The lowest BCUT2D eigenvalue weighted by atomic mass is 9.97. The number of nitrogens with two attached hydrogens (primary N) is 1. The standard InChI is InChI=1S/C10H20N2O4/c1-8-10(14,2-4-16-8)7-12-9(13)6-15-5-3-11/h8,14H,2-7,11H2,1H3,(H,12,13). The van der Waals surface area contributed by atoms with Crippen LogP contribution >= 0.6 is 0 Å². The van der Waals surface area contributed by atoms with Crippen molar-refractivity contribution >= 4 is 5.91 Å². The van der Waals surface area contributed by atoms with E-state index >= 15 is 0 Å². The molecule has 6 nitrogen and oxygen atoms in total. The van der Waals surface area contributed by atoms with Crippen molar-refractivity contribution in [2.24, 2.45) is 5.73 Å². The molecule has 2 atom stereocenters. The van der Waals surface area contributed by atoms with Crippen LogP contribution in [0.25, 0.3) is 0 Å². The summed E-state index contributed by atoms with van der Waals surface area (Å²) in [4.78, 5) is 11.3. The number of aliphatic hydroxyl groups is 1. The molecule has 0 bridgehead atoms. The van der Waals surface area contributed by atoms with Gasteiger partial charge in [0.2, 0.25) is 5.91 Å². The lowest BCUT2D eigenvalue weighted by Gasteiger charge is -2.26. The van der Waals surface area contributed by atoms with Crippen LogP contribution in [0, 0.1) is 0 Å². The summed E-state index contributed by atoms with van der Waals surface area (Å²) in [6.45, 7) is 3.24. The van der Waals surface area contributed by atoms with Crippen molar-refractivity contribution in [1.82, 2.24) is 5.32 Å². The Bertz CT molecular complexity index is 237. The van der Waals surface area contributed by atoms with Crippen LogP contribution in [0.15, 0.2) is 0 Å². The van der Waals surface area contributed by atoms with Crippen LogP contribution in [0.3, 0.4) is 0 Å². The Morgan fingerprint density at radius 1 is 1.75 bits per heavy atom. The molecule has 1 saturated heterocycles. The van der Waals surface area contributed by atoms with Gasteiger partial charge < -0.3 is 25.6 Å². The average molecular weight is 232 g/mol. The molecule has 1 fully saturated rings. The van der Waals surface area contributed by atoms with Gasteiger partial charge in [-0.3, -0.25) is 4.79 Å². The molecule has 0 aliphatic carbocycles. The van der Waals surface area contributed by atoms with Gasteiger partial charge in [-0.25, -0.2) is 0 Å². The van der Waals surface area contributed by atoms with E-state index in [-0.39, 0.29) is 25.2 Å². The second kappa shape index (κ2) is 6.15. The Kier molecular flexibility index (Phi) is 5.14. The van der Waals surface area contributed by atoms with Gasteiger partial charge in [0.15, 0.2) is 0 Å². The van der Waals surface area contributed by atoms with Crippen molar-refractivity contribution in [3.63, 3.8) is 0 Å². The smallest absolute Gasteiger partial charge is 0.246 e. The van der Waals surface area contributed by atoms with E-state index in [0.29, 0.717) is 26.2 Å². The minimum absolute atomic E-state index is 0.0253. The van der Waals surface area contributed by atoms with Crippen LogP contribution < -0.4 is 11.1 Å². The molecule has 94 valence electrons. The van der Waals surface area contributed by atoms with Gasteiger partial charge in [-0.2, -0.15) is 0 Å². The minimum Gasteiger partial charge on any atom is -0.385 e. The molecule has 0 aromatic carbocycles. The first-order valence-corrected chi connectivity index (χ1v) is 5.47. The molecule has 0 aromatic heterocycles. The first-order valence-electron chi connectivity index (χ1n) is 5.47. The molecule has 4 N–H and O–H groups in total. The number of rotatable bonds is 6. The molecule has 0 saturated carbocycles. The van der Waals surface area contributed by atoms with Gasteiger partial charge in [0.1, 0.15) is 12.2 Å². The summed E-state index contributed by atoms with van der Waals surface area (Å²) in [5.74, 6) is -0.249. The van der Waals surface area contributed by atoms with Gasteiger partial charge in [-0.1, -0.05) is 0 Å². The Hall–Kier alpha value is -0.690. The number of hydrogen-bond donors (Lipinski definition) is 3. The Labute approximate surface area is 95.1 Å². The molecule has 2 unspecified atom stereocenters. The predicted octanol–water partition coefficient (Wildman–Crippen LogP) is -1.38. The molecular weight excluding hydrogens is 212 g/mol. The summed E-state index contributed by atoms with van der Waals surface area (Å²) in [6, 6.07) is 0. The molecule has 1 aliphatic rings. The Balaban J connectivity index is 2.20. The van der Waals surface area contributed by atoms with Gasteiger partial charge >= 0.3 is 0 Å². The maximum absolute atomic E-state index is 11.3. The second-order valence-corrected chi connectivity index (χ2v) is 3.98. The highest BCUT2D eigenvalue weighted by molar-refractivity contribution is 5.77. The SMILES string of the molecule is CC1OCCC1(O)CNC(=O)COCCN. The number of hydrogen-bond acceptors (Lipinski definition) is 5. The van der Waals surface area contributed by atoms with E-state index < -0.39 is 5.60 Å². The molecule has 1 aliphatic heterocycles. The van der Waals surface area contributed by atoms with E-state index in [1.807, 2.05) is 0 Å². The monoisotopic (exact) mass is 232 g/mol. The van der Waals surface area contributed by atoms with E-state index in [4.69, 9.17) is 15.2 Å². The highest BCUT2D eigenvalue weighted by Gasteiger charge is 2.39. The van der Waals surface area contributed by atoms with Crippen LogP contribution in [0.1, 0.15) is 13.3 Å². The van der Waals surface area contributed by atoms with Gasteiger partial charge in [-0.05, 0) is 6.92 Å². The van der Waals surface area contributed by atoms with Crippen LogP contribution in [0.5, 0.6) is 0 Å². The summed E-state index contributed by atoms with van der Waals surface area (Å²) in [6.07, 6.45) is 0.288. The molecule has 6 heteroatoms. The number of carbonyl (C=O) groups is 1. The third-order valence-electron chi connectivity index (χ3n) is 2.75. The number of nitrogens with one attached hydrogen (secondary N) is 1. The summed E-state index contributed by atoms with van der Waals surface area (Å²) in [5.41, 5.74) is 4.26. The zero-order valence-electron chi connectivity index (χ0n) is 9.57. The molecule has 0 radical (unpaired) electrons. The lowest BCUT2D eigenvalue weighted by Crippen LogP contribution is -2.48. The number of ether oxygens (including phenoxy) is 2. The fraction of sp³-hybridized carbons (Fsp3) is 0.900. The van der Waals surface area contributed by atoms with Crippen molar-refractivity contribution in [1.29, 1.82) is 0 Å². The second-order valence-electron chi connectivity index (χ2n) is 3.98. The molecule has 1 amide bonds. The molecule has 0 spiro atoms. The summed E-state index contributed by atoms with van der Waals surface area (Å²) >= 11 is 0. The van der Waals surface area contributed by atoms with Crippen LogP contribution in [-0.4, -0.2) is 55.6 Å². The Morgan fingerprint density at radius 2 is 2.50 bits per heavy atom. The summed E-state index contributed by atoms with van der Waals surface area (Å²) < 4.78 is 10.2. The van der Waals surface area contributed by atoms with Crippen molar-refractivity contribution in [3.8, 4) is 0 Å². The van der Waals surface area contributed by atoms with E-state index in [1.54, 1.807) is 6.92 Å². The zero-order valence-corrected chi connectivity index (χ0v) is 9.57. The number of carbonyl (C=O) groups excluding carboxylic acids is 1. The maximum atomic E-state index is 11.3. The highest BCUT2D eigenvalue weighted by atomic mass is 16.5. The fourth-order valence-corrected chi connectivity index (χ4v) is 1.55.